The molecule has 1 saturated heterocycles. The van der Waals surface area contributed by atoms with Crippen LogP contribution < -0.4 is 15.8 Å². The van der Waals surface area contributed by atoms with Gasteiger partial charge >= 0.3 is 0 Å². The molecular formula is C24H32N4O2. The van der Waals surface area contributed by atoms with E-state index < -0.39 is 0 Å². The minimum atomic E-state index is 0.0722. The summed E-state index contributed by atoms with van der Waals surface area (Å²) in [6.45, 7) is 8.05. The third-order valence-electron chi connectivity index (χ3n) is 5.94. The lowest BCUT2D eigenvalue weighted by Crippen LogP contribution is -2.49. The molecule has 6 heteroatoms. The zero-order valence-electron chi connectivity index (χ0n) is 17.6. The summed E-state index contributed by atoms with van der Waals surface area (Å²) >= 11 is 0. The van der Waals surface area contributed by atoms with E-state index in [2.05, 4.69) is 16.8 Å². The molecule has 1 aromatic carbocycles. The number of carbonyl (C=O) groups excluding carboxylic acids is 1. The Bertz CT molecular complexity index is 832. The van der Waals surface area contributed by atoms with E-state index in [4.69, 9.17) is 10.5 Å². The number of ether oxygens (including phenoxy) is 1. The maximum absolute atomic E-state index is 13.1. The second kappa shape index (κ2) is 9.49. The second-order valence-corrected chi connectivity index (χ2v) is 8.30. The molecule has 3 fully saturated rings. The number of benzene rings is 1. The standard InChI is InChI=1S/C24H32N4O2/c1-2-22(4-3-11-25)30-23-16-18(5-6-19(23)17-26-20-7-8-20)24(29)28-14-12-27(13-15-28)21-9-10-21/h2-6,11,16,20-21,26H,1,7-10,12-15,17,25H2/b11-3-,22-4+. The Morgan fingerprint density at radius 1 is 1.20 bits per heavy atom. The lowest BCUT2D eigenvalue weighted by Gasteiger charge is -2.35. The van der Waals surface area contributed by atoms with E-state index >= 15 is 0 Å². The first-order valence-electron chi connectivity index (χ1n) is 11.0. The highest BCUT2D eigenvalue weighted by Gasteiger charge is 2.32. The molecule has 1 aromatic rings. The topological polar surface area (TPSA) is 70.8 Å². The molecule has 0 unspecified atom stereocenters. The molecule has 1 amide bonds. The van der Waals surface area contributed by atoms with Gasteiger partial charge in [0.2, 0.25) is 0 Å². The van der Waals surface area contributed by atoms with Crippen molar-refractivity contribution in [2.24, 2.45) is 5.73 Å². The number of amides is 1. The van der Waals surface area contributed by atoms with Crippen molar-refractivity contribution in [2.75, 3.05) is 26.2 Å². The fourth-order valence-corrected chi connectivity index (χ4v) is 3.80. The SMILES string of the molecule is C=C/C(=C\C=C/N)Oc1cc(C(=O)N2CCN(C3CC3)CC2)ccc1CNC1CC1. The summed E-state index contributed by atoms with van der Waals surface area (Å²) in [5, 5.41) is 3.52. The van der Waals surface area contributed by atoms with Gasteiger partial charge < -0.3 is 20.7 Å². The average molecular weight is 409 g/mol. The van der Waals surface area contributed by atoms with Gasteiger partial charge in [0.15, 0.2) is 0 Å². The minimum absolute atomic E-state index is 0.0722. The van der Waals surface area contributed by atoms with E-state index in [1.807, 2.05) is 23.1 Å². The summed E-state index contributed by atoms with van der Waals surface area (Å²) in [4.78, 5) is 17.6. The van der Waals surface area contributed by atoms with Crippen LogP contribution in [0.4, 0.5) is 0 Å². The van der Waals surface area contributed by atoms with Gasteiger partial charge in [-0.25, -0.2) is 0 Å². The predicted molar refractivity (Wildman–Crippen MR) is 119 cm³/mol. The maximum atomic E-state index is 13.1. The van der Waals surface area contributed by atoms with Crippen LogP contribution in [0.1, 0.15) is 41.6 Å². The molecule has 1 heterocycles. The number of nitrogens with two attached hydrogens (primary N) is 1. The summed E-state index contributed by atoms with van der Waals surface area (Å²) in [6, 6.07) is 7.13. The highest BCUT2D eigenvalue weighted by atomic mass is 16.5. The molecule has 0 bridgehead atoms. The molecule has 0 spiro atoms. The minimum Gasteiger partial charge on any atom is -0.457 e. The quantitative estimate of drug-likeness (QED) is 0.486. The van der Waals surface area contributed by atoms with Crippen LogP contribution in [0.15, 0.2) is 55.0 Å². The average Bonchev–Trinajstić information content (AvgIpc) is 3.69. The molecule has 0 radical (unpaired) electrons. The zero-order chi connectivity index (χ0) is 20.9. The zero-order valence-corrected chi connectivity index (χ0v) is 17.6. The Balaban J connectivity index is 1.49. The van der Waals surface area contributed by atoms with Gasteiger partial charge in [0, 0.05) is 55.9 Å². The maximum Gasteiger partial charge on any atom is 0.254 e. The Morgan fingerprint density at radius 2 is 1.97 bits per heavy atom. The van der Waals surface area contributed by atoms with Gasteiger partial charge in [-0.05, 0) is 62.2 Å². The van der Waals surface area contributed by atoms with Gasteiger partial charge in [0.25, 0.3) is 5.91 Å². The van der Waals surface area contributed by atoms with Gasteiger partial charge in [-0.15, -0.1) is 0 Å². The number of allylic oxidation sites excluding steroid dienone is 3. The summed E-state index contributed by atoms with van der Waals surface area (Å²) < 4.78 is 6.10. The second-order valence-electron chi connectivity index (χ2n) is 8.30. The van der Waals surface area contributed by atoms with Crippen molar-refractivity contribution in [3.8, 4) is 5.75 Å². The molecule has 6 nitrogen and oxygen atoms in total. The van der Waals surface area contributed by atoms with Crippen LogP contribution in [-0.2, 0) is 6.54 Å². The Kier molecular flexibility index (Phi) is 6.55. The molecule has 3 aliphatic rings. The Hall–Kier alpha value is -2.57. The summed E-state index contributed by atoms with van der Waals surface area (Å²) in [5.74, 6) is 1.34. The predicted octanol–water partition coefficient (Wildman–Crippen LogP) is 2.78. The molecule has 1 aliphatic heterocycles. The largest absolute Gasteiger partial charge is 0.457 e. The molecule has 2 saturated carbocycles. The van der Waals surface area contributed by atoms with E-state index in [1.165, 1.54) is 31.9 Å². The number of nitrogens with zero attached hydrogens (tertiary/aromatic N) is 2. The number of hydrogen-bond acceptors (Lipinski definition) is 5. The lowest BCUT2D eigenvalue weighted by atomic mass is 10.1. The Morgan fingerprint density at radius 3 is 2.60 bits per heavy atom. The van der Waals surface area contributed by atoms with E-state index in [0.717, 1.165) is 37.8 Å². The van der Waals surface area contributed by atoms with Crippen molar-refractivity contribution in [3.63, 3.8) is 0 Å². The van der Waals surface area contributed by atoms with Gasteiger partial charge in [-0.1, -0.05) is 12.6 Å². The third-order valence-corrected chi connectivity index (χ3v) is 5.94. The molecule has 0 atom stereocenters. The highest BCUT2D eigenvalue weighted by Crippen LogP contribution is 2.29. The van der Waals surface area contributed by atoms with Crippen molar-refractivity contribution in [1.29, 1.82) is 0 Å². The molecule has 30 heavy (non-hydrogen) atoms. The number of carbonyl (C=O) groups is 1. The highest BCUT2D eigenvalue weighted by molar-refractivity contribution is 5.94. The number of nitrogens with one attached hydrogen (secondary N) is 1. The third kappa shape index (κ3) is 5.32. The summed E-state index contributed by atoms with van der Waals surface area (Å²) in [5.41, 5.74) is 7.14. The molecular weight excluding hydrogens is 376 g/mol. The van der Waals surface area contributed by atoms with Crippen LogP contribution in [0.5, 0.6) is 5.75 Å². The van der Waals surface area contributed by atoms with E-state index in [9.17, 15) is 4.79 Å². The molecule has 2 aliphatic carbocycles. The van der Waals surface area contributed by atoms with Gasteiger partial charge in [0.05, 0.1) is 0 Å². The van der Waals surface area contributed by atoms with E-state index in [0.29, 0.717) is 29.7 Å². The van der Waals surface area contributed by atoms with Gasteiger partial charge in [0.1, 0.15) is 11.5 Å². The molecule has 0 aromatic heterocycles. The first-order valence-corrected chi connectivity index (χ1v) is 11.0. The van der Waals surface area contributed by atoms with E-state index in [-0.39, 0.29) is 5.91 Å². The monoisotopic (exact) mass is 408 g/mol. The molecule has 3 N–H and O–H groups in total. The normalized spacial score (nSPS) is 20.5. The van der Waals surface area contributed by atoms with Crippen LogP contribution in [0.3, 0.4) is 0 Å². The number of hydrogen-bond donors (Lipinski definition) is 2. The number of rotatable bonds is 9. The van der Waals surface area contributed by atoms with Crippen molar-refractivity contribution in [1.82, 2.24) is 15.1 Å². The first kappa shape index (κ1) is 20.7. The van der Waals surface area contributed by atoms with Crippen molar-refractivity contribution in [3.05, 3.63) is 66.1 Å². The van der Waals surface area contributed by atoms with Crippen LogP contribution in [0.25, 0.3) is 0 Å². The summed E-state index contributed by atoms with van der Waals surface area (Å²) in [7, 11) is 0. The fraction of sp³-hybridized carbons (Fsp3) is 0.458. The van der Waals surface area contributed by atoms with Crippen LogP contribution in [-0.4, -0.2) is 54.0 Å². The van der Waals surface area contributed by atoms with Crippen molar-refractivity contribution in [2.45, 2.75) is 44.3 Å². The summed E-state index contributed by atoms with van der Waals surface area (Å²) in [6.07, 6.45) is 11.6. The van der Waals surface area contributed by atoms with Crippen LogP contribution in [0, 0.1) is 0 Å². The van der Waals surface area contributed by atoms with Crippen molar-refractivity contribution < 1.29 is 9.53 Å². The Labute approximate surface area is 179 Å². The molecule has 4 rings (SSSR count). The van der Waals surface area contributed by atoms with Gasteiger partial charge in [-0.3, -0.25) is 9.69 Å². The van der Waals surface area contributed by atoms with Crippen molar-refractivity contribution >= 4 is 5.91 Å². The van der Waals surface area contributed by atoms with Crippen LogP contribution in [0.2, 0.25) is 0 Å². The smallest absolute Gasteiger partial charge is 0.254 e. The lowest BCUT2D eigenvalue weighted by molar-refractivity contribution is 0.0627. The van der Waals surface area contributed by atoms with E-state index in [1.54, 1.807) is 18.2 Å². The number of piperazine rings is 1. The molecule has 160 valence electrons. The fourth-order valence-electron chi connectivity index (χ4n) is 3.80. The van der Waals surface area contributed by atoms with Gasteiger partial charge in [-0.2, -0.15) is 0 Å². The first-order chi connectivity index (χ1) is 14.7. The van der Waals surface area contributed by atoms with Crippen LogP contribution >= 0.6 is 0 Å².